The van der Waals surface area contributed by atoms with Crippen molar-refractivity contribution >= 4 is 58.3 Å². The number of amides is 4. The zero-order valence-corrected chi connectivity index (χ0v) is 16.9. The summed E-state index contributed by atoms with van der Waals surface area (Å²) in [5.41, 5.74) is 1.08. The maximum absolute atomic E-state index is 12.7. The molecule has 6 nitrogen and oxygen atoms in total. The number of halogens is 3. The third-order valence-corrected chi connectivity index (χ3v) is 4.91. The molecule has 1 aliphatic rings. The van der Waals surface area contributed by atoms with E-state index in [1.807, 2.05) is 0 Å². The van der Waals surface area contributed by atoms with Gasteiger partial charge in [0.05, 0.1) is 17.3 Å². The van der Waals surface area contributed by atoms with E-state index in [-0.39, 0.29) is 32.0 Å². The molecule has 1 saturated heterocycles. The Morgan fingerprint density at radius 3 is 2.39 bits per heavy atom. The van der Waals surface area contributed by atoms with Crippen LogP contribution < -0.4 is 5.32 Å². The van der Waals surface area contributed by atoms with E-state index >= 15 is 0 Å². The highest BCUT2D eigenvalue weighted by atomic mass is 35.5. The molecular weight excluding hydrogens is 425 g/mol. The summed E-state index contributed by atoms with van der Waals surface area (Å²) < 4.78 is 0. The summed E-state index contributed by atoms with van der Waals surface area (Å²) in [6.45, 7) is 0.00509. The van der Waals surface area contributed by atoms with Crippen LogP contribution in [0.3, 0.4) is 0 Å². The molecule has 0 aromatic heterocycles. The predicted molar refractivity (Wildman–Crippen MR) is 109 cm³/mol. The van der Waals surface area contributed by atoms with Crippen molar-refractivity contribution in [3.05, 3.63) is 63.1 Å². The van der Waals surface area contributed by atoms with E-state index < -0.39 is 11.9 Å². The standard InChI is InChI=1S/C19H16Cl3N3O3/c20-13-7-12(8-14(21)9-13)10-25-18(27)5-6-24(19(25)28)11-17(26)23-16-4-2-1-3-15(16)22/h1-4,7-9H,5-6,10-11H2,(H,23,26). The van der Waals surface area contributed by atoms with Crippen LogP contribution in [0.15, 0.2) is 42.5 Å². The van der Waals surface area contributed by atoms with E-state index in [0.29, 0.717) is 26.3 Å². The van der Waals surface area contributed by atoms with Crippen LogP contribution in [0.25, 0.3) is 0 Å². The Bertz CT molecular complexity index is 915. The van der Waals surface area contributed by atoms with Crippen LogP contribution in [0.1, 0.15) is 12.0 Å². The van der Waals surface area contributed by atoms with Crippen molar-refractivity contribution in [3.63, 3.8) is 0 Å². The Morgan fingerprint density at radius 1 is 1.04 bits per heavy atom. The lowest BCUT2D eigenvalue weighted by Crippen LogP contribution is -2.53. The second-order valence-corrected chi connectivity index (χ2v) is 7.52. The molecule has 28 heavy (non-hydrogen) atoms. The lowest BCUT2D eigenvalue weighted by molar-refractivity contribution is -0.132. The number of rotatable bonds is 5. The van der Waals surface area contributed by atoms with Gasteiger partial charge in [-0.05, 0) is 35.9 Å². The smallest absolute Gasteiger partial charge is 0.323 e. The number of anilines is 1. The fourth-order valence-corrected chi connectivity index (χ4v) is 3.61. The number of carbonyl (C=O) groups is 3. The summed E-state index contributed by atoms with van der Waals surface area (Å²) in [6, 6.07) is 11.1. The minimum atomic E-state index is -0.540. The van der Waals surface area contributed by atoms with Crippen LogP contribution >= 0.6 is 34.8 Å². The van der Waals surface area contributed by atoms with Crippen LogP contribution in [-0.2, 0) is 16.1 Å². The van der Waals surface area contributed by atoms with Gasteiger partial charge in [-0.15, -0.1) is 0 Å². The molecule has 2 aromatic rings. The van der Waals surface area contributed by atoms with Crippen LogP contribution in [0.4, 0.5) is 10.5 Å². The Kier molecular flexibility index (Phi) is 6.44. The van der Waals surface area contributed by atoms with Crippen LogP contribution in [-0.4, -0.2) is 40.7 Å². The number of nitrogens with one attached hydrogen (secondary N) is 1. The van der Waals surface area contributed by atoms with Gasteiger partial charge in [-0.3, -0.25) is 14.5 Å². The monoisotopic (exact) mass is 439 g/mol. The molecular formula is C19H16Cl3N3O3. The summed E-state index contributed by atoms with van der Waals surface area (Å²) in [6.07, 6.45) is 0.124. The predicted octanol–water partition coefficient (Wildman–Crippen LogP) is 4.44. The summed E-state index contributed by atoms with van der Waals surface area (Å²) in [5, 5.41) is 3.89. The summed E-state index contributed by atoms with van der Waals surface area (Å²) in [7, 11) is 0. The van der Waals surface area contributed by atoms with E-state index in [2.05, 4.69) is 5.32 Å². The third-order valence-electron chi connectivity index (χ3n) is 4.14. The van der Waals surface area contributed by atoms with E-state index in [1.165, 1.54) is 4.90 Å². The molecule has 4 amide bonds. The lowest BCUT2D eigenvalue weighted by Gasteiger charge is -2.33. The van der Waals surface area contributed by atoms with Crippen molar-refractivity contribution in [1.82, 2.24) is 9.80 Å². The molecule has 1 fully saturated rings. The molecule has 2 aromatic carbocycles. The number of hydrogen-bond donors (Lipinski definition) is 1. The van der Waals surface area contributed by atoms with Crippen molar-refractivity contribution in [1.29, 1.82) is 0 Å². The summed E-state index contributed by atoms with van der Waals surface area (Å²) >= 11 is 18.0. The SMILES string of the molecule is O=C(CN1CCC(=O)N(Cc2cc(Cl)cc(Cl)c2)C1=O)Nc1ccccc1Cl. The molecule has 0 atom stereocenters. The van der Waals surface area contributed by atoms with Gasteiger partial charge in [-0.1, -0.05) is 46.9 Å². The van der Waals surface area contributed by atoms with Gasteiger partial charge in [-0.25, -0.2) is 4.79 Å². The van der Waals surface area contributed by atoms with Crippen molar-refractivity contribution < 1.29 is 14.4 Å². The van der Waals surface area contributed by atoms with Gasteiger partial charge in [0.2, 0.25) is 11.8 Å². The number of nitrogens with zero attached hydrogens (tertiary/aromatic N) is 2. The first-order chi connectivity index (χ1) is 13.3. The van der Waals surface area contributed by atoms with Gasteiger partial charge in [0.25, 0.3) is 0 Å². The first-order valence-electron chi connectivity index (χ1n) is 8.42. The van der Waals surface area contributed by atoms with Gasteiger partial charge in [0.15, 0.2) is 0 Å². The van der Waals surface area contributed by atoms with Gasteiger partial charge in [-0.2, -0.15) is 0 Å². The van der Waals surface area contributed by atoms with Crippen molar-refractivity contribution in [2.75, 3.05) is 18.4 Å². The van der Waals surface area contributed by atoms with E-state index in [4.69, 9.17) is 34.8 Å². The highest BCUT2D eigenvalue weighted by molar-refractivity contribution is 6.34. The fraction of sp³-hybridized carbons (Fsp3) is 0.211. The molecule has 0 radical (unpaired) electrons. The second kappa shape index (κ2) is 8.82. The Labute approximate surface area is 177 Å². The average molecular weight is 441 g/mol. The minimum Gasteiger partial charge on any atom is -0.323 e. The minimum absolute atomic E-state index is 0.0284. The number of benzene rings is 2. The van der Waals surface area contributed by atoms with Crippen LogP contribution in [0.2, 0.25) is 15.1 Å². The quantitative estimate of drug-likeness (QED) is 0.747. The lowest BCUT2D eigenvalue weighted by atomic mass is 10.2. The highest BCUT2D eigenvalue weighted by Gasteiger charge is 2.33. The van der Waals surface area contributed by atoms with Crippen molar-refractivity contribution in [3.8, 4) is 0 Å². The number of imide groups is 1. The molecule has 0 unspecified atom stereocenters. The van der Waals surface area contributed by atoms with Crippen molar-refractivity contribution in [2.45, 2.75) is 13.0 Å². The first kappa shape index (κ1) is 20.5. The number of carbonyl (C=O) groups excluding carboxylic acids is 3. The molecule has 0 aliphatic carbocycles. The molecule has 0 bridgehead atoms. The first-order valence-corrected chi connectivity index (χ1v) is 9.55. The maximum atomic E-state index is 12.7. The molecule has 146 valence electrons. The van der Waals surface area contributed by atoms with Crippen LogP contribution in [0.5, 0.6) is 0 Å². The highest BCUT2D eigenvalue weighted by Crippen LogP contribution is 2.23. The van der Waals surface area contributed by atoms with Crippen LogP contribution in [0, 0.1) is 0 Å². The zero-order valence-electron chi connectivity index (χ0n) is 14.6. The van der Waals surface area contributed by atoms with E-state index in [1.54, 1.807) is 42.5 Å². The second-order valence-electron chi connectivity index (χ2n) is 6.24. The number of hydrogen-bond acceptors (Lipinski definition) is 3. The van der Waals surface area contributed by atoms with Gasteiger partial charge >= 0.3 is 6.03 Å². The largest absolute Gasteiger partial charge is 0.327 e. The van der Waals surface area contributed by atoms with Crippen molar-refractivity contribution in [2.24, 2.45) is 0 Å². The molecule has 3 rings (SSSR count). The topological polar surface area (TPSA) is 69.7 Å². The number of urea groups is 1. The molecule has 1 heterocycles. The maximum Gasteiger partial charge on any atom is 0.327 e. The van der Waals surface area contributed by atoms with E-state index in [9.17, 15) is 14.4 Å². The molecule has 1 N–H and O–H groups in total. The average Bonchev–Trinajstić information content (AvgIpc) is 2.62. The number of para-hydroxylation sites is 1. The summed E-state index contributed by atoms with van der Waals surface area (Å²) in [4.78, 5) is 39.7. The van der Waals surface area contributed by atoms with Gasteiger partial charge in [0.1, 0.15) is 6.54 Å². The normalized spacial score (nSPS) is 14.4. The van der Waals surface area contributed by atoms with Gasteiger partial charge < -0.3 is 10.2 Å². The van der Waals surface area contributed by atoms with Gasteiger partial charge in [0, 0.05) is 23.0 Å². The molecule has 1 aliphatic heterocycles. The molecule has 0 spiro atoms. The molecule has 9 heteroatoms. The fourth-order valence-electron chi connectivity index (χ4n) is 2.85. The molecule has 0 saturated carbocycles. The Morgan fingerprint density at radius 2 is 1.71 bits per heavy atom. The zero-order chi connectivity index (χ0) is 20.3. The van der Waals surface area contributed by atoms with E-state index in [0.717, 1.165) is 4.90 Å². The third kappa shape index (κ3) is 4.95. The Hall–Kier alpha value is -2.28. The summed E-state index contributed by atoms with van der Waals surface area (Å²) in [5.74, 6) is -0.717. The Balaban J connectivity index is 1.68.